The number of pyridine rings is 1. The molecule has 0 unspecified atom stereocenters. The Hall–Kier alpha value is -1.66. The van der Waals surface area contributed by atoms with Crippen LogP contribution in [0, 0.1) is 11.3 Å². The first-order valence-electron chi connectivity index (χ1n) is 3.95. The summed E-state index contributed by atoms with van der Waals surface area (Å²) in [7, 11) is -4.20. The maximum absolute atomic E-state index is 10.7. The second-order valence-electron chi connectivity index (χ2n) is 2.77. The topological polar surface area (TPSA) is 84.9 Å². The fraction of sp³-hybridized carbons (Fsp3) is 0.250. The predicted octanol–water partition coefficient (Wildman–Crippen LogP) is 0.434. The molecule has 9 heteroatoms. The van der Waals surface area contributed by atoms with E-state index in [0.29, 0.717) is 5.56 Å². The molecule has 0 saturated carbocycles. The highest BCUT2D eigenvalue weighted by Crippen LogP contribution is 2.20. The molecule has 0 aliphatic heterocycles. The van der Waals surface area contributed by atoms with E-state index in [9.17, 15) is 13.2 Å². The number of hydrogen-bond acceptors (Lipinski definition) is 4. The van der Waals surface area contributed by atoms with Crippen molar-refractivity contribution in [3.05, 3.63) is 30.1 Å². The molecule has 0 saturated heterocycles. The minimum absolute atomic E-state index is 0.694. The summed E-state index contributed by atoms with van der Waals surface area (Å²) < 4.78 is 60.7. The van der Waals surface area contributed by atoms with Gasteiger partial charge in [0.25, 0.3) is 0 Å². The van der Waals surface area contributed by atoms with Crippen LogP contribution in [-0.4, -0.2) is 18.5 Å². The standard InChI is InChI=1S/C7H7N2.CHF3O3S/c1-9-4-2-3-7(5-8)6-9;2-1(3,4)8(5,6)7/h2-4,6H,1H3;(H,5,6,7)/q+1;/p-1. The molecule has 0 aliphatic carbocycles. The number of nitrogens with zero attached hydrogens (tertiary/aromatic N) is 2. The van der Waals surface area contributed by atoms with Gasteiger partial charge in [0, 0.05) is 6.07 Å². The maximum atomic E-state index is 10.7. The maximum Gasteiger partial charge on any atom is 0.485 e. The lowest BCUT2D eigenvalue weighted by Gasteiger charge is -2.08. The number of rotatable bonds is 0. The van der Waals surface area contributed by atoms with Crippen molar-refractivity contribution in [3.63, 3.8) is 0 Å². The summed E-state index contributed by atoms with van der Waals surface area (Å²) in [6.45, 7) is 0. The predicted molar refractivity (Wildman–Crippen MR) is 48.1 cm³/mol. The van der Waals surface area contributed by atoms with E-state index in [1.807, 2.05) is 29.9 Å². The van der Waals surface area contributed by atoms with Crippen molar-refractivity contribution in [2.45, 2.75) is 5.51 Å². The summed E-state index contributed by atoms with van der Waals surface area (Å²) in [4.78, 5) is 0. The van der Waals surface area contributed by atoms with Crippen LogP contribution in [0.15, 0.2) is 24.5 Å². The summed E-state index contributed by atoms with van der Waals surface area (Å²) in [5, 5.41) is 8.40. The number of nitriles is 1. The lowest BCUT2D eigenvalue weighted by atomic mass is 10.3. The van der Waals surface area contributed by atoms with E-state index in [1.54, 1.807) is 12.3 Å². The zero-order chi connectivity index (χ0) is 13.7. The fourth-order valence-electron chi connectivity index (χ4n) is 0.654. The van der Waals surface area contributed by atoms with Crippen LogP contribution in [0.4, 0.5) is 13.2 Å². The quantitative estimate of drug-likeness (QED) is 0.388. The van der Waals surface area contributed by atoms with Gasteiger partial charge < -0.3 is 4.55 Å². The molecule has 0 radical (unpaired) electrons. The highest BCUT2D eigenvalue weighted by Gasteiger charge is 2.36. The highest BCUT2D eigenvalue weighted by atomic mass is 32.2. The third kappa shape index (κ3) is 5.84. The van der Waals surface area contributed by atoms with Crippen molar-refractivity contribution in [2.24, 2.45) is 7.05 Å². The Morgan fingerprint density at radius 2 is 1.94 bits per heavy atom. The summed E-state index contributed by atoms with van der Waals surface area (Å²) in [5.74, 6) is 0. The average molecular weight is 268 g/mol. The molecular weight excluding hydrogens is 261 g/mol. The minimum atomic E-state index is -6.09. The Morgan fingerprint density at radius 3 is 2.18 bits per heavy atom. The second kappa shape index (κ2) is 5.60. The van der Waals surface area contributed by atoms with Crippen LogP contribution in [-0.2, 0) is 17.2 Å². The van der Waals surface area contributed by atoms with Crippen molar-refractivity contribution < 1.29 is 30.7 Å². The summed E-state index contributed by atoms with van der Waals surface area (Å²) in [5.41, 5.74) is -4.95. The molecule has 0 amide bonds. The van der Waals surface area contributed by atoms with Gasteiger partial charge in [-0.05, 0) is 6.07 Å². The van der Waals surface area contributed by atoms with Gasteiger partial charge in [0.15, 0.2) is 22.5 Å². The molecule has 0 bridgehead atoms. The van der Waals surface area contributed by atoms with Crippen LogP contribution in [0.1, 0.15) is 5.56 Å². The number of alkyl halides is 3. The molecule has 1 aromatic heterocycles. The van der Waals surface area contributed by atoms with Gasteiger partial charge in [-0.3, -0.25) is 0 Å². The third-order valence-electron chi connectivity index (χ3n) is 1.35. The van der Waals surface area contributed by atoms with Gasteiger partial charge in [-0.15, -0.1) is 0 Å². The first-order valence-corrected chi connectivity index (χ1v) is 5.36. The Balaban J connectivity index is 0.000000304. The normalized spacial score (nSPS) is 11.1. The zero-order valence-corrected chi connectivity index (χ0v) is 9.29. The second-order valence-corrected chi connectivity index (χ2v) is 4.14. The van der Waals surface area contributed by atoms with Crippen molar-refractivity contribution >= 4 is 10.1 Å². The van der Waals surface area contributed by atoms with Crippen molar-refractivity contribution in [3.8, 4) is 6.07 Å². The first-order chi connectivity index (χ1) is 7.58. The van der Waals surface area contributed by atoms with E-state index in [-0.39, 0.29) is 0 Å². The van der Waals surface area contributed by atoms with Crippen LogP contribution in [0.25, 0.3) is 0 Å². The number of halogens is 3. The SMILES string of the molecule is C[n+]1cccc(C#N)c1.O=S(=O)([O-])C(F)(F)F. The Morgan fingerprint density at radius 1 is 1.47 bits per heavy atom. The monoisotopic (exact) mass is 268 g/mol. The van der Waals surface area contributed by atoms with Gasteiger partial charge in [0.1, 0.15) is 18.7 Å². The smallest absolute Gasteiger partial charge is 0.485 e. The molecule has 1 rings (SSSR count). The van der Waals surface area contributed by atoms with E-state index in [2.05, 4.69) is 0 Å². The lowest BCUT2D eigenvalue weighted by molar-refractivity contribution is -0.671. The molecule has 0 spiro atoms. The van der Waals surface area contributed by atoms with E-state index in [4.69, 9.17) is 18.2 Å². The van der Waals surface area contributed by atoms with E-state index < -0.39 is 15.6 Å². The van der Waals surface area contributed by atoms with Crippen molar-refractivity contribution in [2.75, 3.05) is 0 Å². The Kier molecular flexibility index (Phi) is 5.06. The Labute approximate surface area is 95.5 Å². The van der Waals surface area contributed by atoms with Gasteiger partial charge in [0.2, 0.25) is 0 Å². The number of hydrogen-bond donors (Lipinski definition) is 0. The van der Waals surface area contributed by atoms with E-state index in [1.165, 1.54) is 0 Å². The van der Waals surface area contributed by atoms with Crippen LogP contribution in [0.5, 0.6) is 0 Å². The van der Waals surface area contributed by atoms with Crippen molar-refractivity contribution in [1.82, 2.24) is 0 Å². The van der Waals surface area contributed by atoms with Crippen molar-refractivity contribution in [1.29, 1.82) is 5.26 Å². The van der Waals surface area contributed by atoms with Crippen LogP contribution in [0.2, 0.25) is 0 Å². The first kappa shape index (κ1) is 15.3. The molecule has 1 aromatic rings. The van der Waals surface area contributed by atoms with Crippen LogP contribution in [0.3, 0.4) is 0 Å². The fourth-order valence-corrected chi connectivity index (χ4v) is 0.654. The lowest BCUT2D eigenvalue weighted by Crippen LogP contribution is -2.26. The third-order valence-corrected chi connectivity index (χ3v) is 1.92. The van der Waals surface area contributed by atoms with E-state index >= 15 is 0 Å². The molecular formula is C8H7F3N2O3S. The molecule has 0 atom stereocenters. The minimum Gasteiger partial charge on any atom is -0.741 e. The van der Waals surface area contributed by atoms with Gasteiger partial charge in [0.05, 0.1) is 0 Å². The molecule has 0 N–H and O–H groups in total. The molecule has 0 fully saturated rings. The molecule has 5 nitrogen and oxygen atoms in total. The van der Waals surface area contributed by atoms with Crippen LogP contribution < -0.4 is 4.57 Å². The summed E-state index contributed by atoms with van der Waals surface area (Å²) >= 11 is 0. The van der Waals surface area contributed by atoms with E-state index in [0.717, 1.165) is 0 Å². The van der Waals surface area contributed by atoms with Gasteiger partial charge >= 0.3 is 5.51 Å². The molecule has 17 heavy (non-hydrogen) atoms. The number of aryl methyl sites for hydroxylation is 1. The highest BCUT2D eigenvalue weighted by molar-refractivity contribution is 7.86. The molecule has 0 aliphatic rings. The van der Waals surface area contributed by atoms with Gasteiger partial charge in [-0.1, -0.05) is 0 Å². The summed E-state index contributed by atoms with van der Waals surface area (Å²) in [6.07, 6.45) is 3.67. The average Bonchev–Trinajstić information content (AvgIpc) is 2.15. The van der Waals surface area contributed by atoms with Gasteiger partial charge in [-0.25, -0.2) is 13.0 Å². The Bertz CT molecular complexity index is 520. The summed E-state index contributed by atoms with van der Waals surface area (Å²) in [6, 6.07) is 5.67. The molecule has 94 valence electrons. The van der Waals surface area contributed by atoms with Gasteiger partial charge in [-0.2, -0.15) is 18.4 Å². The largest absolute Gasteiger partial charge is 0.741 e. The molecule has 0 aromatic carbocycles. The van der Waals surface area contributed by atoms with Crippen LogP contribution >= 0.6 is 0 Å². The zero-order valence-electron chi connectivity index (χ0n) is 8.47. The number of aromatic nitrogens is 1. The molecule has 1 heterocycles.